The van der Waals surface area contributed by atoms with Gasteiger partial charge in [0.05, 0.1) is 19.9 Å². The largest absolute Gasteiger partial charge is 0.468 e. The van der Waals surface area contributed by atoms with Gasteiger partial charge in [-0.2, -0.15) is 0 Å². The number of hydrogen-bond donors (Lipinski definition) is 5. The Kier molecular flexibility index (Phi) is 9.70. The van der Waals surface area contributed by atoms with Gasteiger partial charge in [-0.1, -0.05) is 0 Å². The zero-order chi connectivity index (χ0) is 31.8. The number of H-pyrrole nitrogens is 2. The summed E-state index contributed by atoms with van der Waals surface area (Å²) in [4.78, 5) is 64.6. The Bertz CT molecular complexity index is 1640. The van der Waals surface area contributed by atoms with E-state index in [9.17, 15) is 38.8 Å². The van der Waals surface area contributed by atoms with Crippen molar-refractivity contribution in [3.63, 3.8) is 0 Å². The second kappa shape index (κ2) is 12.8. The molecule has 2 aromatic heterocycles. The average molecular weight is 634 g/mol. The lowest BCUT2D eigenvalue weighted by molar-refractivity contribution is -0.142. The van der Waals surface area contributed by atoms with Gasteiger partial charge >= 0.3 is 17.3 Å². The second-order valence-electron chi connectivity index (χ2n) is 10.4. The van der Waals surface area contributed by atoms with Crippen LogP contribution in [0, 0.1) is 13.8 Å². The number of rotatable bonds is 10. The van der Waals surface area contributed by atoms with E-state index in [1.165, 1.54) is 27.0 Å². The lowest BCUT2D eigenvalue weighted by atomic mass is 10.1. The van der Waals surface area contributed by atoms with Crippen LogP contribution in [0.15, 0.2) is 31.6 Å². The molecule has 2 unspecified atom stereocenters. The van der Waals surface area contributed by atoms with E-state index in [0.717, 1.165) is 22.4 Å². The molecule has 2 aromatic rings. The average Bonchev–Trinajstić information content (AvgIpc) is 3.45. The predicted octanol–water partition coefficient (Wildman–Crippen LogP) is -1.69. The molecular weight excluding hydrogens is 600 g/mol. The number of aromatic nitrogens is 4. The number of carbonyl (C=O) groups excluding carboxylic acids is 1. The molecule has 4 rings (SSSR count). The molecule has 0 saturated carbocycles. The Morgan fingerprint density at radius 1 is 1.12 bits per heavy atom. The quantitative estimate of drug-likeness (QED) is 0.145. The van der Waals surface area contributed by atoms with E-state index in [1.54, 1.807) is 0 Å². The number of carbonyl (C=O) groups is 1. The topological polar surface area (TPSA) is 233 Å². The normalized spacial score (nSPS) is 29.3. The highest BCUT2D eigenvalue weighted by Gasteiger charge is 2.51. The van der Waals surface area contributed by atoms with Gasteiger partial charge in [0.15, 0.2) is 6.23 Å². The molecule has 0 aromatic carbocycles. The number of nitrogens with one attached hydrogen (secondary N) is 3. The van der Waals surface area contributed by atoms with Crippen LogP contribution in [-0.4, -0.2) is 91.8 Å². The number of aryl methyl sites for hydroxylation is 2. The van der Waals surface area contributed by atoms with Gasteiger partial charge < -0.3 is 28.9 Å². The van der Waals surface area contributed by atoms with E-state index in [0.29, 0.717) is 0 Å². The first kappa shape index (κ1) is 32.7. The Labute approximate surface area is 242 Å². The second-order valence-corrected chi connectivity index (χ2v) is 12.6. The van der Waals surface area contributed by atoms with Crippen LogP contribution in [0.5, 0.6) is 0 Å². The van der Waals surface area contributed by atoms with Gasteiger partial charge in [0.25, 0.3) is 18.6 Å². The van der Waals surface area contributed by atoms with Crippen molar-refractivity contribution in [1.29, 1.82) is 0 Å². The van der Waals surface area contributed by atoms with Crippen molar-refractivity contribution in [3.05, 3.63) is 65.2 Å². The number of ether oxygens (including phenoxy) is 3. The zero-order valence-corrected chi connectivity index (χ0v) is 24.5. The summed E-state index contributed by atoms with van der Waals surface area (Å²) in [5.74, 6) is -0.851. The summed E-state index contributed by atoms with van der Waals surface area (Å²) in [5, 5.41) is 23.5. The highest BCUT2D eigenvalue weighted by atomic mass is 31.2. The molecule has 5 N–H and O–H groups in total. The third-order valence-corrected chi connectivity index (χ3v) is 9.39. The van der Waals surface area contributed by atoms with E-state index in [4.69, 9.17) is 14.0 Å². The van der Waals surface area contributed by atoms with Crippen molar-refractivity contribution in [2.45, 2.75) is 76.3 Å². The highest BCUT2D eigenvalue weighted by molar-refractivity contribution is 7.57. The minimum atomic E-state index is -4.42. The predicted molar refractivity (Wildman–Crippen MR) is 145 cm³/mol. The molecule has 2 fully saturated rings. The molecule has 19 heteroatoms. The number of halogens is 1. The monoisotopic (exact) mass is 633 g/mol. The lowest BCUT2D eigenvalue weighted by Gasteiger charge is -2.30. The van der Waals surface area contributed by atoms with Crippen LogP contribution in [-0.2, 0) is 28.1 Å². The molecule has 0 radical (unpaired) electrons. The van der Waals surface area contributed by atoms with Crippen LogP contribution in [0.3, 0.4) is 0 Å². The van der Waals surface area contributed by atoms with Crippen LogP contribution in [0.1, 0.15) is 36.9 Å². The van der Waals surface area contributed by atoms with Gasteiger partial charge in [0, 0.05) is 29.9 Å². The standard InChI is InChI=1S/C24H33FN5O12P/c1-10-6-29(23(36)26-19(10)33)16-5-13(25)15(40-16)9-43(38,28-12(3)22(35)39-4)42-18-14(8-31)41-21(17(18)32)30-7-11(2)20(34)27-24(30)37/h6-7,12-18,21,31-32H,5,8-9H2,1-4H3,(H,28,38)(H,26,33,36)(H,27,34,37)/t12-,13+,14-,15?,16-,17+,18-,21-,43?/m1/s1. The zero-order valence-electron chi connectivity index (χ0n) is 23.6. The molecule has 2 saturated heterocycles. The number of methoxy groups -OCH3 is 1. The summed E-state index contributed by atoms with van der Waals surface area (Å²) in [5.41, 5.74) is -2.79. The first-order valence-corrected chi connectivity index (χ1v) is 15.0. The molecule has 17 nitrogen and oxygen atoms in total. The summed E-state index contributed by atoms with van der Waals surface area (Å²) >= 11 is 0. The summed E-state index contributed by atoms with van der Waals surface area (Å²) in [7, 11) is -3.33. The Morgan fingerprint density at radius 2 is 1.70 bits per heavy atom. The van der Waals surface area contributed by atoms with Crippen LogP contribution in [0.25, 0.3) is 0 Å². The van der Waals surface area contributed by atoms with Crippen LogP contribution >= 0.6 is 7.52 Å². The van der Waals surface area contributed by atoms with E-state index < -0.39 is 97.8 Å². The number of aromatic amines is 2. The van der Waals surface area contributed by atoms with Crippen molar-refractivity contribution in [2.24, 2.45) is 0 Å². The highest BCUT2D eigenvalue weighted by Crippen LogP contribution is 2.51. The van der Waals surface area contributed by atoms with Crippen molar-refractivity contribution in [1.82, 2.24) is 24.2 Å². The molecule has 9 atom stereocenters. The lowest BCUT2D eigenvalue weighted by Crippen LogP contribution is -2.42. The number of esters is 1. The first-order valence-electron chi connectivity index (χ1n) is 13.2. The SMILES string of the molecule is COC(=O)[C@@H](C)NP(=O)(CC1O[C@@H](n2cc(C)c(=O)[nH]c2=O)C[C@@H]1F)O[C@H]1[C@H](O)[C@H](n2cc(C)c(=O)[nH]c2=O)O[C@@H]1CO. The maximum Gasteiger partial charge on any atom is 0.330 e. The maximum absolute atomic E-state index is 15.3. The van der Waals surface area contributed by atoms with Gasteiger partial charge in [0.2, 0.25) is 0 Å². The molecule has 2 aliphatic heterocycles. The molecule has 238 valence electrons. The summed E-state index contributed by atoms with van der Waals surface area (Å²) in [6.45, 7) is 3.37. The molecule has 2 aliphatic rings. The third kappa shape index (κ3) is 6.80. The third-order valence-electron chi connectivity index (χ3n) is 7.18. The fourth-order valence-corrected chi connectivity index (χ4v) is 7.30. The van der Waals surface area contributed by atoms with Crippen molar-refractivity contribution >= 4 is 13.5 Å². The van der Waals surface area contributed by atoms with Gasteiger partial charge in [-0.05, 0) is 20.8 Å². The van der Waals surface area contributed by atoms with E-state index in [2.05, 4.69) is 19.8 Å². The number of aliphatic hydroxyl groups is 2. The Balaban J connectivity index is 1.63. The molecule has 0 aliphatic carbocycles. The fraction of sp³-hybridized carbons (Fsp3) is 0.625. The molecule has 43 heavy (non-hydrogen) atoms. The molecule has 0 amide bonds. The maximum atomic E-state index is 15.3. The van der Waals surface area contributed by atoms with Gasteiger partial charge in [-0.3, -0.25) is 38.1 Å². The van der Waals surface area contributed by atoms with Gasteiger partial charge in [-0.15, -0.1) is 0 Å². The van der Waals surface area contributed by atoms with E-state index in [-0.39, 0.29) is 17.5 Å². The number of nitrogens with zero attached hydrogens (tertiary/aromatic N) is 2. The smallest absolute Gasteiger partial charge is 0.330 e. The number of aliphatic hydroxyl groups excluding tert-OH is 2. The summed E-state index contributed by atoms with van der Waals surface area (Å²) in [6, 6.07) is -1.26. The molecular formula is C24H33FN5O12P. The van der Waals surface area contributed by atoms with Gasteiger partial charge in [-0.25, -0.2) is 19.1 Å². The van der Waals surface area contributed by atoms with Crippen molar-refractivity contribution in [3.8, 4) is 0 Å². The Morgan fingerprint density at radius 3 is 2.28 bits per heavy atom. The molecule has 4 heterocycles. The first-order chi connectivity index (χ1) is 20.2. The number of hydrogen-bond acceptors (Lipinski definition) is 12. The van der Waals surface area contributed by atoms with Crippen molar-refractivity contribution < 1.29 is 42.7 Å². The van der Waals surface area contributed by atoms with E-state index in [1.807, 2.05) is 0 Å². The van der Waals surface area contributed by atoms with Crippen molar-refractivity contribution in [2.75, 3.05) is 19.9 Å². The fourth-order valence-electron chi connectivity index (χ4n) is 4.91. The summed E-state index contributed by atoms with van der Waals surface area (Å²) < 4.78 is 53.2. The van der Waals surface area contributed by atoms with Crippen LogP contribution in [0.4, 0.5) is 4.39 Å². The number of alkyl halides is 1. The molecule has 0 bridgehead atoms. The minimum absolute atomic E-state index is 0.110. The Hall–Kier alpha value is -3.25. The summed E-state index contributed by atoms with van der Waals surface area (Å²) in [6.07, 6.45) is -9.35. The molecule has 0 spiro atoms. The van der Waals surface area contributed by atoms with E-state index >= 15 is 4.39 Å². The van der Waals surface area contributed by atoms with Crippen LogP contribution < -0.4 is 27.6 Å². The minimum Gasteiger partial charge on any atom is -0.468 e. The van der Waals surface area contributed by atoms with Gasteiger partial charge in [0.1, 0.15) is 42.9 Å². The van der Waals surface area contributed by atoms with Crippen LogP contribution in [0.2, 0.25) is 0 Å².